The SMILES string of the molecule is CCOc1cc(/C=N\NC(N)=S)ccc1OS(=O)(=O)c1ccccc1. The van der Waals surface area contributed by atoms with Crippen molar-refractivity contribution < 1.29 is 17.3 Å². The van der Waals surface area contributed by atoms with Crippen LogP contribution in [0.3, 0.4) is 0 Å². The first-order valence-electron chi connectivity index (χ1n) is 7.27. The van der Waals surface area contributed by atoms with Crippen molar-refractivity contribution in [2.24, 2.45) is 10.8 Å². The van der Waals surface area contributed by atoms with Crippen molar-refractivity contribution in [1.82, 2.24) is 5.43 Å². The lowest BCUT2D eigenvalue weighted by atomic mass is 10.2. The lowest BCUT2D eigenvalue weighted by molar-refractivity contribution is 0.327. The summed E-state index contributed by atoms with van der Waals surface area (Å²) in [7, 11) is -3.95. The van der Waals surface area contributed by atoms with Gasteiger partial charge in [-0.1, -0.05) is 18.2 Å². The molecule has 132 valence electrons. The second-order valence-electron chi connectivity index (χ2n) is 4.72. The van der Waals surface area contributed by atoms with Crippen LogP contribution in [0, 0.1) is 0 Å². The molecule has 0 aliphatic heterocycles. The molecule has 25 heavy (non-hydrogen) atoms. The van der Waals surface area contributed by atoms with Crippen molar-refractivity contribution in [2.45, 2.75) is 11.8 Å². The molecule has 0 radical (unpaired) electrons. The number of nitrogens with zero attached hydrogens (tertiary/aromatic N) is 1. The number of nitrogens with two attached hydrogens (primary N) is 1. The van der Waals surface area contributed by atoms with Crippen LogP contribution in [0.15, 0.2) is 58.5 Å². The number of hydrogen-bond donors (Lipinski definition) is 2. The molecule has 0 spiro atoms. The zero-order valence-electron chi connectivity index (χ0n) is 13.4. The molecule has 9 heteroatoms. The first-order valence-corrected chi connectivity index (χ1v) is 9.09. The van der Waals surface area contributed by atoms with Gasteiger partial charge in [0.25, 0.3) is 0 Å². The van der Waals surface area contributed by atoms with Crippen LogP contribution in [0.2, 0.25) is 0 Å². The molecule has 3 N–H and O–H groups in total. The second kappa shape index (κ2) is 8.45. The minimum Gasteiger partial charge on any atom is -0.490 e. The van der Waals surface area contributed by atoms with E-state index in [0.717, 1.165) is 0 Å². The van der Waals surface area contributed by atoms with Gasteiger partial charge in [0.15, 0.2) is 16.6 Å². The number of hydrogen-bond acceptors (Lipinski definition) is 6. The Morgan fingerprint density at radius 2 is 1.96 bits per heavy atom. The van der Waals surface area contributed by atoms with Crippen LogP contribution in [-0.4, -0.2) is 26.4 Å². The molecule has 2 aromatic rings. The summed E-state index contributed by atoms with van der Waals surface area (Å²) < 4.78 is 35.4. The van der Waals surface area contributed by atoms with Crippen LogP contribution in [-0.2, 0) is 10.1 Å². The Kier molecular flexibility index (Phi) is 6.31. The largest absolute Gasteiger partial charge is 0.490 e. The first-order chi connectivity index (χ1) is 11.9. The van der Waals surface area contributed by atoms with E-state index in [4.69, 9.17) is 14.7 Å². The lowest BCUT2D eigenvalue weighted by Gasteiger charge is -2.12. The maximum absolute atomic E-state index is 12.3. The molecule has 0 atom stereocenters. The van der Waals surface area contributed by atoms with E-state index in [2.05, 4.69) is 22.7 Å². The molecule has 0 saturated carbocycles. The predicted molar refractivity (Wildman–Crippen MR) is 99.4 cm³/mol. The van der Waals surface area contributed by atoms with Crippen molar-refractivity contribution in [1.29, 1.82) is 0 Å². The third-order valence-corrected chi connectivity index (χ3v) is 4.23. The van der Waals surface area contributed by atoms with Crippen molar-refractivity contribution in [3.8, 4) is 11.5 Å². The van der Waals surface area contributed by atoms with E-state index < -0.39 is 10.1 Å². The smallest absolute Gasteiger partial charge is 0.339 e. The zero-order valence-corrected chi connectivity index (χ0v) is 15.0. The monoisotopic (exact) mass is 379 g/mol. The van der Waals surface area contributed by atoms with Gasteiger partial charge in [-0.2, -0.15) is 13.5 Å². The van der Waals surface area contributed by atoms with Gasteiger partial charge in [0, 0.05) is 0 Å². The maximum atomic E-state index is 12.3. The zero-order chi connectivity index (χ0) is 18.3. The van der Waals surface area contributed by atoms with E-state index in [1.54, 1.807) is 37.3 Å². The number of nitrogens with one attached hydrogen (secondary N) is 1. The Hall–Kier alpha value is -2.65. The maximum Gasteiger partial charge on any atom is 0.339 e. The van der Waals surface area contributed by atoms with Gasteiger partial charge in [-0.25, -0.2) is 0 Å². The fraction of sp³-hybridized carbons (Fsp3) is 0.125. The number of rotatable bonds is 7. The first kappa shape index (κ1) is 18.7. The van der Waals surface area contributed by atoms with Gasteiger partial charge in [0.2, 0.25) is 0 Å². The third kappa shape index (κ3) is 5.44. The van der Waals surface area contributed by atoms with Gasteiger partial charge in [-0.3, -0.25) is 5.43 Å². The van der Waals surface area contributed by atoms with E-state index in [9.17, 15) is 8.42 Å². The van der Waals surface area contributed by atoms with Crippen LogP contribution < -0.4 is 20.1 Å². The number of thiocarbonyl (C=S) groups is 1. The van der Waals surface area contributed by atoms with Gasteiger partial charge in [0.1, 0.15) is 4.90 Å². The van der Waals surface area contributed by atoms with E-state index in [1.807, 2.05) is 0 Å². The fourth-order valence-corrected chi connectivity index (χ4v) is 2.88. The highest BCUT2D eigenvalue weighted by Crippen LogP contribution is 2.30. The lowest BCUT2D eigenvalue weighted by Crippen LogP contribution is -2.23. The van der Waals surface area contributed by atoms with E-state index in [0.29, 0.717) is 12.2 Å². The van der Waals surface area contributed by atoms with Gasteiger partial charge in [-0.15, -0.1) is 0 Å². The van der Waals surface area contributed by atoms with Crippen molar-refractivity contribution in [2.75, 3.05) is 6.61 Å². The van der Waals surface area contributed by atoms with Gasteiger partial charge in [-0.05, 0) is 55.0 Å². The summed E-state index contributed by atoms with van der Waals surface area (Å²) in [6, 6.07) is 12.6. The fourth-order valence-electron chi connectivity index (χ4n) is 1.87. The number of ether oxygens (including phenoxy) is 1. The molecule has 0 aliphatic carbocycles. The molecular formula is C16H17N3O4S2. The standard InChI is InChI=1S/C16H17N3O4S2/c1-2-22-15-10-12(11-18-19-16(17)24)8-9-14(15)23-25(20,21)13-6-4-3-5-7-13/h3-11H,2H2,1H3,(H3,17,19,24)/b18-11-. The number of hydrazone groups is 1. The summed E-state index contributed by atoms with van der Waals surface area (Å²) in [6.07, 6.45) is 1.47. The minimum absolute atomic E-state index is 0.0372. The summed E-state index contributed by atoms with van der Waals surface area (Å²) in [5, 5.41) is 3.88. The molecule has 0 heterocycles. The summed E-state index contributed by atoms with van der Waals surface area (Å²) in [5.74, 6) is 0.367. The highest BCUT2D eigenvalue weighted by molar-refractivity contribution is 7.87. The van der Waals surface area contributed by atoms with Crippen LogP contribution in [0.4, 0.5) is 0 Å². The molecule has 0 aliphatic rings. The van der Waals surface area contributed by atoms with E-state index in [-0.39, 0.29) is 21.5 Å². The summed E-state index contributed by atoms with van der Waals surface area (Å²) in [6.45, 7) is 2.12. The molecule has 0 amide bonds. The van der Waals surface area contributed by atoms with Gasteiger partial charge >= 0.3 is 10.1 Å². The Morgan fingerprint density at radius 3 is 2.60 bits per heavy atom. The Bertz CT molecular complexity index is 868. The molecule has 7 nitrogen and oxygen atoms in total. The van der Waals surface area contributed by atoms with Crippen LogP contribution in [0.5, 0.6) is 11.5 Å². The van der Waals surface area contributed by atoms with Gasteiger partial charge < -0.3 is 14.7 Å². The van der Waals surface area contributed by atoms with Crippen molar-refractivity contribution in [3.05, 3.63) is 54.1 Å². The van der Waals surface area contributed by atoms with Crippen LogP contribution >= 0.6 is 12.2 Å². The topological polar surface area (TPSA) is 103 Å². The molecule has 0 unspecified atom stereocenters. The highest BCUT2D eigenvalue weighted by Gasteiger charge is 2.19. The average Bonchev–Trinajstić information content (AvgIpc) is 2.58. The molecule has 2 aromatic carbocycles. The second-order valence-corrected chi connectivity index (χ2v) is 6.71. The predicted octanol–water partition coefficient (Wildman–Crippen LogP) is 2.02. The van der Waals surface area contributed by atoms with Crippen molar-refractivity contribution >= 4 is 33.7 Å². The summed E-state index contributed by atoms with van der Waals surface area (Å²) in [4.78, 5) is 0.0590. The number of benzene rings is 2. The van der Waals surface area contributed by atoms with E-state index in [1.165, 1.54) is 24.4 Å². The summed E-state index contributed by atoms with van der Waals surface area (Å²) >= 11 is 4.65. The summed E-state index contributed by atoms with van der Waals surface area (Å²) in [5.41, 5.74) is 8.36. The molecule has 0 saturated heterocycles. The Balaban J connectivity index is 2.28. The Morgan fingerprint density at radius 1 is 1.24 bits per heavy atom. The molecule has 0 aromatic heterocycles. The third-order valence-electron chi connectivity index (χ3n) is 2.89. The van der Waals surface area contributed by atoms with Crippen molar-refractivity contribution in [3.63, 3.8) is 0 Å². The Labute approximate surface area is 151 Å². The molecule has 0 fully saturated rings. The average molecular weight is 379 g/mol. The molecule has 0 bridgehead atoms. The quantitative estimate of drug-likeness (QED) is 0.328. The van der Waals surface area contributed by atoms with Crippen LogP contribution in [0.25, 0.3) is 0 Å². The highest BCUT2D eigenvalue weighted by atomic mass is 32.2. The minimum atomic E-state index is -3.95. The molecule has 2 rings (SSSR count). The van der Waals surface area contributed by atoms with E-state index >= 15 is 0 Å². The molecular weight excluding hydrogens is 362 g/mol. The van der Waals surface area contributed by atoms with Gasteiger partial charge in [0.05, 0.1) is 12.8 Å². The van der Waals surface area contributed by atoms with Crippen LogP contribution in [0.1, 0.15) is 12.5 Å². The normalized spacial score (nSPS) is 11.2.